The van der Waals surface area contributed by atoms with Gasteiger partial charge in [-0.1, -0.05) is 42.5 Å². The fourth-order valence-corrected chi connectivity index (χ4v) is 1.96. The second-order valence-corrected chi connectivity index (χ2v) is 4.80. The van der Waals surface area contributed by atoms with E-state index in [0.717, 1.165) is 5.56 Å². The van der Waals surface area contributed by atoms with Crippen LogP contribution in [-0.2, 0) is 16.1 Å². The Labute approximate surface area is 134 Å². The summed E-state index contributed by atoms with van der Waals surface area (Å²) >= 11 is 0. The topological polar surface area (TPSA) is 75.6 Å². The Morgan fingerprint density at radius 2 is 1.74 bits per heavy atom. The van der Waals surface area contributed by atoms with E-state index >= 15 is 0 Å². The van der Waals surface area contributed by atoms with Crippen LogP contribution in [0, 0.1) is 0 Å². The van der Waals surface area contributed by atoms with Crippen LogP contribution in [0.2, 0.25) is 0 Å². The normalized spacial score (nSPS) is 10.9. The summed E-state index contributed by atoms with van der Waals surface area (Å²) < 4.78 is 5.04. The minimum Gasteiger partial charge on any atom is -0.497 e. The summed E-state index contributed by atoms with van der Waals surface area (Å²) in [6.07, 6.45) is 1.34. The Morgan fingerprint density at radius 1 is 1.09 bits per heavy atom. The molecule has 2 rings (SSSR count). The lowest BCUT2D eigenvalue weighted by Gasteiger charge is -2.06. The number of rotatable bonds is 6. The van der Waals surface area contributed by atoms with Crippen LogP contribution in [0.4, 0.5) is 0 Å². The number of amides is 1. The molecule has 0 aliphatic heterocycles. The molecule has 5 nitrogen and oxygen atoms in total. The largest absolute Gasteiger partial charge is 0.497 e. The van der Waals surface area contributed by atoms with E-state index in [1.54, 1.807) is 31.4 Å². The van der Waals surface area contributed by atoms with Crippen LogP contribution in [0.1, 0.15) is 11.1 Å². The molecular weight excluding hydrogens is 294 g/mol. The van der Waals surface area contributed by atoms with E-state index in [2.05, 4.69) is 5.32 Å². The second-order valence-electron chi connectivity index (χ2n) is 4.80. The molecule has 0 saturated carbocycles. The monoisotopic (exact) mass is 311 g/mol. The van der Waals surface area contributed by atoms with Crippen molar-refractivity contribution >= 4 is 18.0 Å². The summed E-state index contributed by atoms with van der Waals surface area (Å²) in [7, 11) is 1.55. The van der Waals surface area contributed by atoms with Crippen molar-refractivity contribution < 1.29 is 19.4 Å². The van der Waals surface area contributed by atoms with Crippen molar-refractivity contribution in [3.05, 3.63) is 71.3 Å². The molecule has 23 heavy (non-hydrogen) atoms. The number of benzene rings is 2. The number of ether oxygens (including phenoxy) is 1. The van der Waals surface area contributed by atoms with Gasteiger partial charge in [0, 0.05) is 6.54 Å². The van der Waals surface area contributed by atoms with Crippen LogP contribution in [0.3, 0.4) is 0 Å². The number of nitrogens with one attached hydrogen (secondary N) is 1. The summed E-state index contributed by atoms with van der Waals surface area (Å²) in [5, 5.41) is 11.9. The summed E-state index contributed by atoms with van der Waals surface area (Å²) in [5.41, 5.74) is 1.19. The highest BCUT2D eigenvalue weighted by Crippen LogP contribution is 2.14. The number of carboxylic acid groups (broad SMARTS) is 1. The summed E-state index contributed by atoms with van der Waals surface area (Å²) in [4.78, 5) is 23.4. The van der Waals surface area contributed by atoms with E-state index in [0.29, 0.717) is 11.3 Å². The lowest BCUT2D eigenvalue weighted by atomic mass is 10.1. The van der Waals surface area contributed by atoms with E-state index in [1.165, 1.54) is 6.08 Å². The summed E-state index contributed by atoms with van der Waals surface area (Å²) in [5.74, 6) is -1.24. The van der Waals surface area contributed by atoms with Crippen LogP contribution in [0.5, 0.6) is 5.75 Å². The van der Waals surface area contributed by atoms with Crippen LogP contribution < -0.4 is 10.1 Å². The van der Waals surface area contributed by atoms with Crippen molar-refractivity contribution in [3.63, 3.8) is 0 Å². The van der Waals surface area contributed by atoms with Crippen molar-refractivity contribution in [1.82, 2.24) is 5.32 Å². The number of aliphatic carboxylic acids is 1. The maximum absolute atomic E-state index is 12.1. The van der Waals surface area contributed by atoms with Gasteiger partial charge in [-0.15, -0.1) is 0 Å². The molecule has 0 aromatic heterocycles. The Bertz CT molecular complexity index is 706. The number of carbonyl (C=O) groups is 2. The standard InChI is InChI=1S/C18H17NO4/c1-23-15-9-7-13(8-10-15)11-16(18(21)22)17(20)19-12-14-5-3-2-4-6-14/h2-11H,12H2,1H3,(H,19,20)(H,21,22)/b16-11+. The van der Waals surface area contributed by atoms with Crippen molar-refractivity contribution in [2.24, 2.45) is 0 Å². The van der Waals surface area contributed by atoms with Gasteiger partial charge in [0.2, 0.25) is 0 Å². The molecule has 0 unspecified atom stereocenters. The molecule has 0 fully saturated rings. The molecule has 0 aliphatic rings. The van der Waals surface area contributed by atoms with Gasteiger partial charge in [0.1, 0.15) is 11.3 Å². The molecule has 0 bridgehead atoms. The fourth-order valence-electron chi connectivity index (χ4n) is 1.96. The zero-order valence-corrected chi connectivity index (χ0v) is 12.7. The zero-order valence-electron chi connectivity index (χ0n) is 12.7. The van der Waals surface area contributed by atoms with E-state index in [-0.39, 0.29) is 12.1 Å². The lowest BCUT2D eigenvalue weighted by Crippen LogP contribution is -2.27. The second kappa shape index (κ2) is 7.79. The summed E-state index contributed by atoms with van der Waals surface area (Å²) in [6, 6.07) is 16.1. The predicted molar refractivity (Wildman–Crippen MR) is 86.9 cm³/mol. The van der Waals surface area contributed by atoms with Crippen molar-refractivity contribution in [1.29, 1.82) is 0 Å². The van der Waals surface area contributed by atoms with E-state index in [1.807, 2.05) is 30.3 Å². The van der Waals surface area contributed by atoms with Gasteiger partial charge >= 0.3 is 5.97 Å². The molecular formula is C18H17NO4. The fraction of sp³-hybridized carbons (Fsp3) is 0.111. The SMILES string of the molecule is COc1ccc(/C=C(/C(=O)O)C(=O)NCc2ccccc2)cc1. The van der Waals surface area contributed by atoms with E-state index in [4.69, 9.17) is 4.74 Å². The maximum Gasteiger partial charge on any atom is 0.341 e. The van der Waals surface area contributed by atoms with Gasteiger partial charge in [-0.05, 0) is 29.3 Å². The summed E-state index contributed by atoms with van der Waals surface area (Å²) in [6.45, 7) is 0.271. The smallest absolute Gasteiger partial charge is 0.341 e. The van der Waals surface area contributed by atoms with Crippen molar-refractivity contribution in [3.8, 4) is 5.75 Å². The lowest BCUT2D eigenvalue weighted by molar-refractivity contribution is -0.134. The minimum atomic E-state index is -1.27. The number of hydrogen-bond acceptors (Lipinski definition) is 3. The molecule has 2 aromatic carbocycles. The van der Waals surface area contributed by atoms with Gasteiger partial charge in [-0.3, -0.25) is 4.79 Å². The van der Waals surface area contributed by atoms with Gasteiger partial charge in [0.25, 0.3) is 5.91 Å². The number of carbonyl (C=O) groups excluding carboxylic acids is 1. The highest BCUT2D eigenvalue weighted by Gasteiger charge is 2.17. The third-order valence-electron chi connectivity index (χ3n) is 3.20. The quantitative estimate of drug-likeness (QED) is 0.488. The van der Waals surface area contributed by atoms with Crippen LogP contribution in [-0.4, -0.2) is 24.1 Å². The molecule has 1 amide bonds. The van der Waals surface area contributed by atoms with E-state index < -0.39 is 11.9 Å². The van der Waals surface area contributed by atoms with E-state index in [9.17, 15) is 14.7 Å². The molecule has 0 aliphatic carbocycles. The third-order valence-corrected chi connectivity index (χ3v) is 3.20. The molecule has 2 N–H and O–H groups in total. The maximum atomic E-state index is 12.1. The number of carboxylic acids is 1. The van der Waals surface area contributed by atoms with Crippen LogP contribution in [0.25, 0.3) is 6.08 Å². The van der Waals surface area contributed by atoms with Gasteiger partial charge in [-0.2, -0.15) is 0 Å². The third kappa shape index (κ3) is 4.71. The van der Waals surface area contributed by atoms with Crippen molar-refractivity contribution in [2.75, 3.05) is 7.11 Å². The average molecular weight is 311 g/mol. The van der Waals surface area contributed by atoms with Crippen molar-refractivity contribution in [2.45, 2.75) is 6.54 Å². The minimum absolute atomic E-state index is 0.271. The molecule has 0 spiro atoms. The molecule has 2 aromatic rings. The Kier molecular flexibility index (Phi) is 5.52. The number of hydrogen-bond donors (Lipinski definition) is 2. The Balaban J connectivity index is 2.11. The first-order chi connectivity index (χ1) is 11.1. The molecule has 118 valence electrons. The molecule has 0 saturated heterocycles. The average Bonchev–Trinajstić information content (AvgIpc) is 2.58. The number of methoxy groups -OCH3 is 1. The Morgan fingerprint density at radius 3 is 2.30 bits per heavy atom. The first kappa shape index (κ1) is 16.3. The predicted octanol–water partition coefficient (Wildman–Crippen LogP) is 2.48. The highest BCUT2D eigenvalue weighted by atomic mass is 16.5. The Hall–Kier alpha value is -3.08. The first-order valence-electron chi connectivity index (χ1n) is 7.01. The molecule has 5 heteroatoms. The molecule has 0 radical (unpaired) electrons. The molecule has 0 atom stereocenters. The van der Waals surface area contributed by atoms with Gasteiger partial charge in [-0.25, -0.2) is 4.79 Å². The highest BCUT2D eigenvalue weighted by molar-refractivity contribution is 6.19. The first-order valence-corrected chi connectivity index (χ1v) is 7.01. The van der Waals surface area contributed by atoms with Gasteiger partial charge in [0.05, 0.1) is 7.11 Å². The van der Waals surface area contributed by atoms with Gasteiger partial charge in [0.15, 0.2) is 0 Å². The van der Waals surface area contributed by atoms with Crippen LogP contribution >= 0.6 is 0 Å². The van der Waals surface area contributed by atoms with Crippen LogP contribution in [0.15, 0.2) is 60.2 Å². The van der Waals surface area contributed by atoms with Gasteiger partial charge < -0.3 is 15.2 Å². The zero-order chi connectivity index (χ0) is 16.7. The molecule has 0 heterocycles.